The summed E-state index contributed by atoms with van der Waals surface area (Å²) in [6, 6.07) is 0. The average molecular weight is 236 g/mol. The Morgan fingerprint density at radius 3 is 1.53 bits per heavy atom. The van der Waals surface area contributed by atoms with E-state index in [0.29, 0.717) is 0 Å². The average Bonchev–Trinajstić information content (AvgIpc) is 2.11. The molecule has 0 radical (unpaired) electrons. The Labute approximate surface area is 92.0 Å². The van der Waals surface area contributed by atoms with Crippen molar-refractivity contribution in [3.8, 4) is 0 Å². The lowest BCUT2D eigenvalue weighted by Gasteiger charge is -2.40. The Balaban J connectivity index is 5.53. The number of methoxy groups -OCH3 is 1. The van der Waals surface area contributed by atoms with E-state index in [2.05, 4.69) is 9.48 Å². The Hall–Kier alpha value is -0.420. The number of carbonyl (C=O) groups excluding carboxylic acids is 1. The number of amides is 1. The second-order valence-corrected chi connectivity index (χ2v) is 7.32. The molecule has 0 aliphatic heterocycles. The zero-order chi connectivity index (χ0) is 12.2. The predicted octanol–water partition coefficient (Wildman–Crippen LogP) is 1.38. The van der Waals surface area contributed by atoms with Gasteiger partial charge in [-0.2, -0.15) is 0 Å². The second kappa shape index (κ2) is 5.61. The molecule has 0 heterocycles. The van der Waals surface area contributed by atoms with Gasteiger partial charge in [-0.3, -0.25) is 14.0 Å². The van der Waals surface area contributed by atoms with Gasteiger partial charge in [0.05, 0.1) is 7.11 Å². The third-order valence-electron chi connectivity index (χ3n) is 2.00. The standard InChI is InChI=1S/C8H21N4O2P/c1-10(2)15(11(3)4,12(5)6)9-8(13)14-7/h1-7H3. The van der Waals surface area contributed by atoms with E-state index in [-0.39, 0.29) is 0 Å². The lowest BCUT2D eigenvalue weighted by atomic mass is 11.2. The number of carbonyl (C=O) groups is 1. The summed E-state index contributed by atoms with van der Waals surface area (Å²) >= 11 is 0. The van der Waals surface area contributed by atoms with Crippen molar-refractivity contribution in [1.29, 1.82) is 0 Å². The van der Waals surface area contributed by atoms with Crippen LogP contribution in [0, 0.1) is 0 Å². The molecule has 90 valence electrons. The molecular weight excluding hydrogens is 215 g/mol. The van der Waals surface area contributed by atoms with Gasteiger partial charge < -0.3 is 4.74 Å². The van der Waals surface area contributed by atoms with Gasteiger partial charge in [-0.1, -0.05) is 0 Å². The SMILES string of the molecule is COC(=O)N=P(N(C)C)(N(C)C)N(C)C. The van der Waals surface area contributed by atoms with Crippen LogP contribution in [-0.2, 0) is 4.74 Å². The van der Waals surface area contributed by atoms with E-state index in [0.717, 1.165) is 0 Å². The number of nitrogens with zero attached hydrogens (tertiary/aromatic N) is 4. The van der Waals surface area contributed by atoms with E-state index in [4.69, 9.17) is 0 Å². The van der Waals surface area contributed by atoms with Crippen molar-refractivity contribution >= 4 is 13.6 Å². The maximum atomic E-state index is 11.3. The predicted molar refractivity (Wildman–Crippen MR) is 62.8 cm³/mol. The van der Waals surface area contributed by atoms with Crippen molar-refractivity contribution < 1.29 is 9.53 Å². The molecular formula is C8H21N4O2P. The largest absolute Gasteiger partial charge is 0.451 e. The van der Waals surface area contributed by atoms with Crippen molar-refractivity contribution in [1.82, 2.24) is 14.0 Å². The second-order valence-electron chi connectivity index (χ2n) is 3.65. The summed E-state index contributed by atoms with van der Waals surface area (Å²) in [6.45, 7) is 0. The third-order valence-corrected chi connectivity index (χ3v) is 5.65. The third kappa shape index (κ3) is 3.01. The summed E-state index contributed by atoms with van der Waals surface area (Å²) in [6.07, 6.45) is -0.542. The van der Waals surface area contributed by atoms with E-state index in [1.165, 1.54) is 7.11 Å². The fourth-order valence-corrected chi connectivity index (χ4v) is 4.48. The van der Waals surface area contributed by atoms with Crippen LogP contribution in [0.4, 0.5) is 4.79 Å². The van der Waals surface area contributed by atoms with Gasteiger partial charge in [0.2, 0.25) is 0 Å². The van der Waals surface area contributed by atoms with Crippen LogP contribution >= 0.6 is 7.51 Å². The van der Waals surface area contributed by atoms with Gasteiger partial charge >= 0.3 is 6.09 Å². The fraction of sp³-hybridized carbons (Fsp3) is 0.875. The van der Waals surface area contributed by atoms with Gasteiger partial charge in [0.1, 0.15) is 0 Å². The first-order chi connectivity index (χ1) is 6.78. The normalized spacial score (nSPS) is 12.4. The molecule has 15 heavy (non-hydrogen) atoms. The van der Waals surface area contributed by atoms with Crippen LogP contribution < -0.4 is 0 Å². The molecule has 0 aliphatic carbocycles. The highest BCUT2D eigenvalue weighted by molar-refractivity contribution is 7.59. The van der Waals surface area contributed by atoms with Crippen LogP contribution in [0.1, 0.15) is 0 Å². The monoisotopic (exact) mass is 236 g/mol. The highest BCUT2D eigenvalue weighted by Crippen LogP contribution is 2.54. The number of hydrogen-bond acceptors (Lipinski definition) is 2. The van der Waals surface area contributed by atoms with Crippen LogP contribution in [0.3, 0.4) is 0 Å². The maximum absolute atomic E-state index is 11.3. The first-order valence-electron chi connectivity index (χ1n) is 4.52. The van der Waals surface area contributed by atoms with Crippen LogP contribution in [0.25, 0.3) is 0 Å². The molecule has 0 bridgehead atoms. The first-order valence-corrected chi connectivity index (χ1v) is 6.12. The molecule has 1 amide bonds. The Morgan fingerprint density at radius 2 is 1.33 bits per heavy atom. The molecule has 0 atom stereocenters. The van der Waals surface area contributed by atoms with Gasteiger partial charge in [0.25, 0.3) is 0 Å². The van der Waals surface area contributed by atoms with Crippen molar-refractivity contribution in [2.75, 3.05) is 49.4 Å². The van der Waals surface area contributed by atoms with Gasteiger partial charge in [-0.15, -0.1) is 4.74 Å². The molecule has 6 nitrogen and oxygen atoms in total. The van der Waals surface area contributed by atoms with Gasteiger partial charge in [0.15, 0.2) is 7.51 Å². The first kappa shape index (κ1) is 14.6. The van der Waals surface area contributed by atoms with E-state index in [9.17, 15) is 4.79 Å². The summed E-state index contributed by atoms with van der Waals surface area (Å²) in [5, 5.41) is 0. The topological polar surface area (TPSA) is 48.4 Å². The summed E-state index contributed by atoms with van der Waals surface area (Å²) in [4.78, 5) is 11.3. The minimum atomic E-state index is -2.13. The van der Waals surface area contributed by atoms with Gasteiger partial charge in [-0.25, -0.2) is 4.79 Å². The minimum Gasteiger partial charge on any atom is -0.451 e. The summed E-state index contributed by atoms with van der Waals surface area (Å²) < 4.78 is 14.6. The van der Waals surface area contributed by atoms with Crippen molar-refractivity contribution in [2.45, 2.75) is 0 Å². The van der Waals surface area contributed by atoms with E-state index in [1.807, 2.05) is 56.3 Å². The number of hydrogen-bond donors (Lipinski definition) is 0. The molecule has 7 heteroatoms. The lowest BCUT2D eigenvalue weighted by Crippen LogP contribution is -2.31. The smallest absolute Gasteiger partial charge is 0.435 e. The van der Waals surface area contributed by atoms with E-state index in [1.54, 1.807) is 0 Å². The molecule has 0 unspecified atom stereocenters. The van der Waals surface area contributed by atoms with Crippen LogP contribution in [-0.4, -0.2) is 69.5 Å². The number of ether oxygens (including phenoxy) is 1. The Morgan fingerprint density at radius 1 is 1.00 bits per heavy atom. The number of rotatable bonds is 3. The lowest BCUT2D eigenvalue weighted by molar-refractivity contribution is 0.182. The Kier molecular flexibility index (Phi) is 5.45. The van der Waals surface area contributed by atoms with E-state index < -0.39 is 13.6 Å². The molecule has 0 aliphatic rings. The van der Waals surface area contributed by atoms with Gasteiger partial charge in [0, 0.05) is 0 Å². The zero-order valence-electron chi connectivity index (χ0n) is 10.6. The summed E-state index contributed by atoms with van der Waals surface area (Å²) in [5.41, 5.74) is 0. The molecule has 0 rings (SSSR count). The van der Waals surface area contributed by atoms with Crippen LogP contribution in [0.5, 0.6) is 0 Å². The van der Waals surface area contributed by atoms with Crippen molar-refractivity contribution in [3.63, 3.8) is 0 Å². The van der Waals surface area contributed by atoms with Crippen LogP contribution in [0.2, 0.25) is 0 Å². The quantitative estimate of drug-likeness (QED) is 0.693. The highest BCUT2D eigenvalue weighted by Gasteiger charge is 2.29. The highest BCUT2D eigenvalue weighted by atomic mass is 31.2. The van der Waals surface area contributed by atoms with Crippen LogP contribution in [0.15, 0.2) is 4.74 Å². The molecule has 0 saturated carbocycles. The molecule has 0 aromatic carbocycles. The zero-order valence-corrected chi connectivity index (χ0v) is 11.4. The molecule has 0 aromatic rings. The van der Waals surface area contributed by atoms with Gasteiger partial charge in [-0.05, 0) is 42.3 Å². The summed E-state index contributed by atoms with van der Waals surface area (Å²) in [7, 11) is 10.6. The molecule has 0 aromatic heterocycles. The fourth-order valence-electron chi connectivity index (χ4n) is 1.49. The molecule has 0 saturated heterocycles. The summed E-state index contributed by atoms with van der Waals surface area (Å²) in [5.74, 6) is 0. The van der Waals surface area contributed by atoms with Crippen molar-refractivity contribution in [3.05, 3.63) is 0 Å². The Bertz CT molecular complexity index is 247. The van der Waals surface area contributed by atoms with Crippen molar-refractivity contribution in [2.24, 2.45) is 4.74 Å². The maximum Gasteiger partial charge on any atom is 0.435 e. The van der Waals surface area contributed by atoms with E-state index >= 15 is 0 Å². The molecule has 0 spiro atoms. The minimum absolute atomic E-state index is 0.542. The molecule has 0 N–H and O–H groups in total. The molecule has 0 fully saturated rings.